The first-order chi connectivity index (χ1) is 7.36. The van der Waals surface area contributed by atoms with Crippen molar-refractivity contribution in [1.29, 1.82) is 0 Å². The smallest absolute Gasteiger partial charge is 0.222 e. The summed E-state index contributed by atoms with van der Waals surface area (Å²) in [4.78, 5) is 13.1. The van der Waals surface area contributed by atoms with Gasteiger partial charge < -0.3 is 9.64 Å². The minimum Gasteiger partial charge on any atom is -0.492 e. The SMILES string of the molecule is O=C1CCCN1CCOc1cc[c]cc1. The average Bonchev–Trinajstić information content (AvgIpc) is 2.66. The number of hydrogen-bond acceptors (Lipinski definition) is 2. The van der Waals surface area contributed by atoms with Crippen LogP contribution in [-0.2, 0) is 4.79 Å². The van der Waals surface area contributed by atoms with Crippen molar-refractivity contribution in [2.75, 3.05) is 19.7 Å². The Morgan fingerprint density at radius 1 is 1.40 bits per heavy atom. The summed E-state index contributed by atoms with van der Waals surface area (Å²) < 4.78 is 5.50. The van der Waals surface area contributed by atoms with Crippen molar-refractivity contribution in [3.05, 3.63) is 30.3 Å². The zero-order valence-corrected chi connectivity index (χ0v) is 8.61. The van der Waals surface area contributed by atoms with Crippen LogP contribution in [0.25, 0.3) is 0 Å². The highest BCUT2D eigenvalue weighted by Gasteiger charge is 2.19. The Kier molecular flexibility index (Phi) is 3.22. The van der Waals surface area contributed by atoms with E-state index in [9.17, 15) is 4.79 Å². The Labute approximate surface area is 89.7 Å². The molecule has 1 fully saturated rings. The monoisotopic (exact) mass is 204 g/mol. The molecule has 1 heterocycles. The first kappa shape index (κ1) is 10.0. The number of likely N-dealkylation sites (tertiary alicyclic amines) is 1. The van der Waals surface area contributed by atoms with Crippen LogP contribution in [0, 0.1) is 6.07 Å². The Balaban J connectivity index is 1.73. The second kappa shape index (κ2) is 4.82. The highest BCUT2D eigenvalue weighted by Crippen LogP contribution is 2.10. The predicted octanol–water partition coefficient (Wildman–Crippen LogP) is 1.49. The van der Waals surface area contributed by atoms with E-state index in [1.165, 1.54) is 0 Å². The third-order valence-corrected chi connectivity index (χ3v) is 2.49. The lowest BCUT2D eigenvalue weighted by atomic mass is 10.3. The fourth-order valence-corrected chi connectivity index (χ4v) is 1.68. The maximum atomic E-state index is 11.3. The molecule has 1 aromatic carbocycles. The summed E-state index contributed by atoms with van der Waals surface area (Å²) >= 11 is 0. The van der Waals surface area contributed by atoms with E-state index in [0.717, 1.165) is 18.7 Å². The van der Waals surface area contributed by atoms with E-state index < -0.39 is 0 Å². The summed E-state index contributed by atoms with van der Waals surface area (Å²) in [5, 5.41) is 0. The van der Waals surface area contributed by atoms with Crippen LogP contribution in [0.15, 0.2) is 24.3 Å². The maximum Gasteiger partial charge on any atom is 0.222 e. The summed E-state index contributed by atoms with van der Waals surface area (Å²) in [6.45, 7) is 2.14. The molecule has 0 atom stereocenters. The Bertz CT molecular complexity index is 324. The van der Waals surface area contributed by atoms with Crippen LogP contribution in [0.4, 0.5) is 0 Å². The number of hydrogen-bond donors (Lipinski definition) is 0. The van der Waals surface area contributed by atoms with E-state index >= 15 is 0 Å². The molecule has 0 spiro atoms. The van der Waals surface area contributed by atoms with Crippen molar-refractivity contribution in [1.82, 2.24) is 4.90 Å². The molecule has 1 saturated heterocycles. The first-order valence-corrected chi connectivity index (χ1v) is 5.23. The van der Waals surface area contributed by atoms with Gasteiger partial charge in [0.05, 0.1) is 6.54 Å². The van der Waals surface area contributed by atoms with Gasteiger partial charge in [0.15, 0.2) is 0 Å². The molecule has 1 aliphatic heterocycles. The van der Waals surface area contributed by atoms with E-state index in [-0.39, 0.29) is 5.91 Å². The van der Waals surface area contributed by atoms with Crippen molar-refractivity contribution < 1.29 is 9.53 Å². The number of amides is 1. The van der Waals surface area contributed by atoms with Crippen LogP contribution < -0.4 is 4.74 Å². The summed E-state index contributed by atoms with van der Waals surface area (Å²) in [5.41, 5.74) is 0. The van der Waals surface area contributed by atoms with Crippen molar-refractivity contribution in [2.24, 2.45) is 0 Å². The first-order valence-electron chi connectivity index (χ1n) is 5.23. The van der Waals surface area contributed by atoms with Gasteiger partial charge in [0.2, 0.25) is 5.91 Å². The molecule has 0 bridgehead atoms. The van der Waals surface area contributed by atoms with Gasteiger partial charge in [-0.15, -0.1) is 0 Å². The number of carbonyl (C=O) groups is 1. The van der Waals surface area contributed by atoms with Gasteiger partial charge in [-0.05, 0) is 24.6 Å². The van der Waals surface area contributed by atoms with Crippen molar-refractivity contribution >= 4 is 5.91 Å². The van der Waals surface area contributed by atoms with Gasteiger partial charge in [-0.25, -0.2) is 0 Å². The third kappa shape index (κ3) is 2.72. The minimum absolute atomic E-state index is 0.250. The molecule has 2 rings (SSSR count). The second-order valence-corrected chi connectivity index (χ2v) is 3.57. The standard InChI is InChI=1S/C12H14NO2/c14-12-7-4-8-13(12)9-10-15-11-5-2-1-3-6-11/h2-3,5-6H,4,7-10H2. The summed E-state index contributed by atoms with van der Waals surface area (Å²) in [6, 6.07) is 10.3. The average molecular weight is 204 g/mol. The Hall–Kier alpha value is -1.51. The summed E-state index contributed by atoms with van der Waals surface area (Å²) in [5.74, 6) is 1.08. The normalized spacial score (nSPS) is 15.7. The molecule has 0 aromatic heterocycles. The number of rotatable bonds is 4. The zero-order valence-electron chi connectivity index (χ0n) is 8.61. The lowest BCUT2D eigenvalue weighted by molar-refractivity contribution is -0.128. The molecular weight excluding hydrogens is 190 g/mol. The number of carbonyl (C=O) groups excluding carboxylic acids is 1. The van der Waals surface area contributed by atoms with E-state index in [1.807, 2.05) is 29.2 Å². The van der Waals surface area contributed by atoms with E-state index in [2.05, 4.69) is 6.07 Å². The lowest BCUT2D eigenvalue weighted by Gasteiger charge is -2.15. The molecule has 3 nitrogen and oxygen atoms in total. The third-order valence-electron chi connectivity index (χ3n) is 2.49. The number of nitrogens with zero attached hydrogens (tertiary/aromatic N) is 1. The van der Waals surface area contributed by atoms with Gasteiger partial charge in [-0.1, -0.05) is 12.1 Å². The van der Waals surface area contributed by atoms with Crippen molar-refractivity contribution in [3.63, 3.8) is 0 Å². The zero-order chi connectivity index (χ0) is 10.5. The highest BCUT2D eigenvalue weighted by molar-refractivity contribution is 5.78. The van der Waals surface area contributed by atoms with Crippen molar-refractivity contribution in [3.8, 4) is 5.75 Å². The summed E-state index contributed by atoms with van der Waals surface area (Å²) in [6.07, 6.45) is 1.68. The van der Waals surface area contributed by atoms with Gasteiger partial charge in [0.1, 0.15) is 12.4 Å². The van der Waals surface area contributed by atoms with Crippen LogP contribution >= 0.6 is 0 Å². The molecule has 15 heavy (non-hydrogen) atoms. The highest BCUT2D eigenvalue weighted by atomic mass is 16.5. The van der Waals surface area contributed by atoms with Crippen LogP contribution in [0.2, 0.25) is 0 Å². The van der Waals surface area contributed by atoms with E-state index in [4.69, 9.17) is 4.74 Å². The Morgan fingerprint density at radius 3 is 2.87 bits per heavy atom. The molecule has 1 aromatic rings. The molecule has 79 valence electrons. The molecule has 1 amide bonds. The van der Waals surface area contributed by atoms with E-state index in [0.29, 0.717) is 19.6 Å². The van der Waals surface area contributed by atoms with Gasteiger partial charge in [-0.2, -0.15) is 0 Å². The van der Waals surface area contributed by atoms with Crippen molar-refractivity contribution in [2.45, 2.75) is 12.8 Å². The molecule has 0 saturated carbocycles. The van der Waals surface area contributed by atoms with Crippen LogP contribution in [0.1, 0.15) is 12.8 Å². The van der Waals surface area contributed by atoms with Gasteiger partial charge in [0.25, 0.3) is 0 Å². The van der Waals surface area contributed by atoms with Crippen LogP contribution in [0.3, 0.4) is 0 Å². The Morgan fingerprint density at radius 2 is 2.20 bits per heavy atom. The van der Waals surface area contributed by atoms with Crippen LogP contribution in [0.5, 0.6) is 5.75 Å². The topological polar surface area (TPSA) is 29.5 Å². The fourth-order valence-electron chi connectivity index (χ4n) is 1.68. The second-order valence-electron chi connectivity index (χ2n) is 3.57. The van der Waals surface area contributed by atoms with Gasteiger partial charge >= 0.3 is 0 Å². The molecular formula is C12H14NO2. The maximum absolute atomic E-state index is 11.3. The van der Waals surface area contributed by atoms with Crippen LogP contribution in [-0.4, -0.2) is 30.5 Å². The predicted molar refractivity (Wildman–Crippen MR) is 56.6 cm³/mol. The minimum atomic E-state index is 0.250. The summed E-state index contributed by atoms with van der Waals surface area (Å²) in [7, 11) is 0. The molecule has 0 unspecified atom stereocenters. The fraction of sp³-hybridized carbons (Fsp3) is 0.417. The van der Waals surface area contributed by atoms with Gasteiger partial charge in [-0.3, -0.25) is 4.79 Å². The molecule has 0 N–H and O–H groups in total. The molecule has 1 aliphatic rings. The molecule has 0 aliphatic carbocycles. The lowest BCUT2D eigenvalue weighted by Crippen LogP contribution is -2.29. The molecule has 3 heteroatoms. The number of benzene rings is 1. The van der Waals surface area contributed by atoms with Gasteiger partial charge in [0, 0.05) is 13.0 Å². The largest absolute Gasteiger partial charge is 0.492 e. The molecule has 1 radical (unpaired) electrons. The number of ether oxygens (including phenoxy) is 1. The van der Waals surface area contributed by atoms with E-state index in [1.54, 1.807) is 0 Å². The quantitative estimate of drug-likeness (QED) is 0.743.